The molecule has 342 valence electrons. The van der Waals surface area contributed by atoms with Crippen molar-refractivity contribution < 1.29 is 49.0 Å². The van der Waals surface area contributed by atoms with Crippen LogP contribution in [0.25, 0.3) is 0 Å². The molecule has 0 bridgehead atoms. The summed E-state index contributed by atoms with van der Waals surface area (Å²) in [6, 6.07) is 0. The number of rotatable bonds is 39. The number of carbonyl (C=O) groups is 2. The van der Waals surface area contributed by atoms with Crippen molar-refractivity contribution in [1.82, 2.24) is 0 Å². The molecule has 0 saturated carbocycles. The maximum Gasteiger partial charge on any atom is 0.306 e. The molecule has 0 aromatic carbocycles. The Bertz CT molecular complexity index is 1100. The van der Waals surface area contributed by atoms with Crippen molar-refractivity contribution in [3.63, 3.8) is 0 Å². The van der Waals surface area contributed by atoms with Gasteiger partial charge in [0.15, 0.2) is 12.4 Å². The van der Waals surface area contributed by atoms with Crippen LogP contribution in [0.1, 0.15) is 194 Å². The molecule has 3 unspecified atom stereocenters. The Balaban J connectivity index is 2.28. The van der Waals surface area contributed by atoms with E-state index in [0.717, 1.165) is 51.4 Å². The summed E-state index contributed by atoms with van der Waals surface area (Å²) in [6.07, 6.45) is 40.0. The predicted octanol–water partition coefficient (Wildman–Crippen LogP) is 10.4. The number of aliphatic hydroxyl groups excluding tert-OH is 4. The molecule has 0 radical (unpaired) electrons. The zero-order valence-corrected chi connectivity index (χ0v) is 37.2. The van der Waals surface area contributed by atoms with Gasteiger partial charge in [-0.15, -0.1) is 0 Å². The van der Waals surface area contributed by atoms with E-state index in [2.05, 4.69) is 50.3 Å². The van der Waals surface area contributed by atoms with Gasteiger partial charge in [0.05, 0.1) is 13.2 Å². The molecule has 0 aromatic heterocycles. The summed E-state index contributed by atoms with van der Waals surface area (Å²) in [4.78, 5) is 25.3. The summed E-state index contributed by atoms with van der Waals surface area (Å²) in [6.45, 7) is 3.26. The molecule has 6 atom stereocenters. The second-order valence-electron chi connectivity index (χ2n) is 16.2. The number of hydrogen-bond donors (Lipinski definition) is 4. The zero-order chi connectivity index (χ0) is 43.0. The lowest BCUT2D eigenvalue weighted by atomic mass is 9.99. The van der Waals surface area contributed by atoms with Crippen LogP contribution in [0.4, 0.5) is 0 Å². The Labute approximate surface area is 358 Å². The van der Waals surface area contributed by atoms with Crippen LogP contribution in [0, 0.1) is 0 Å². The Morgan fingerprint density at radius 2 is 1.03 bits per heavy atom. The van der Waals surface area contributed by atoms with Crippen LogP contribution in [0.5, 0.6) is 0 Å². The molecule has 59 heavy (non-hydrogen) atoms. The highest BCUT2D eigenvalue weighted by Gasteiger charge is 2.44. The minimum Gasteiger partial charge on any atom is -0.462 e. The molecule has 0 spiro atoms. The lowest BCUT2D eigenvalue weighted by Gasteiger charge is -2.39. The Morgan fingerprint density at radius 1 is 0.542 bits per heavy atom. The SMILES string of the molecule is CC/C=C/C/C=C/CCCCCCCCCCCCCCCCC(=O)OCC(CO[C@H]1O[C@@H](CO)[C@@H](O)C(O)C1O)OC(=O)CC/C=C/C/C=C/CCCCCCCC. The number of unbranched alkanes of at least 4 members (excludes halogenated alkanes) is 20. The molecule has 1 fully saturated rings. The first-order valence-corrected chi connectivity index (χ1v) is 23.7. The van der Waals surface area contributed by atoms with Crippen LogP contribution < -0.4 is 0 Å². The van der Waals surface area contributed by atoms with E-state index in [-0.39, 0.29) is 26.1 Å². The smallest absolute Gasteiger partial charge is 0.306 e. The van der Waals surface area contributed by atoms with Gasteiger partial charge in [0.25, 0.3) is 0 Å². The largest absolute Gasteiger partial charge is 0.462 e. The zero-order valence-electron chi connectivity index (χ0n) is 37.2. The van der Waals surface area contributed by atoms with Crippen molar-refractivity contribution >= 4 is 11.9 Å². The summed E-state index contributed by atoms with van der Waals surface area (Å²) in [5.74, 6) is -0.883. The fourth-order valence-electron chi connectivity index (χ4n) is 6.99. The van der Waals surface area contributed by atoms with Crippen molar-refractivity contribution in [2.45, 2.75) is 230 Å². The monoisotopic (exact) mass is 835 g/mol. The second kappa shape index (κ2) is 39.8. The van der Waals surface area contributed by atoms with Crippen LogP contribution in [0.2, 0.25) is 0 Å². The van der Waals surface area contributed by atoms with E-state index in [4.69, 9.17) is 18.9 Å². The van der Waals surface area contributed by atoms with Crippen molar-refractivity contribution in [2.24, 2.45) is 0 Å². The van der Waals surface area contributed by atoms with E-state index in [1.165, 1.54) is 109 Å². The van der Waals surface area contributed by atoms with Gasteiger partial charge >= 0.3 is 11.9 Å². The van der Waals surface area contributed by atoms with Crippen LogP contribution in [-0.4, -0.2) is 89.0 Å². The average molecular weight is 835 g/mol. The topological polar surface area (TPSA) is 152 Å². The molecule has 1 aliphatic heterocycles. The molecule has 1 saturated heterocycles. The molecule has 1 aliphatic rings. The Hall–Kier alpha value is -2.34. The molecule has 0 aromatic rings. The standard InChI is InChI=1S/C49H86O10/c1-3-5-7-9-11-13-15-17-18-19-20-21-22-23-24-26-27-29-31-33-35-37-44(51)56-40-42(41-57-49-48(55)47(54)46(53)43(39-50)59-49)58-45(52)38-36-34-32-30-28-25-16-14-12-10-8-6-4-2/h5,7,11,13,25,28,32,34,42-43,46-50,53-55H,3-4,6,8-10,12,14-24,26-27,29-31,33,35-41H2,1-2H3/b7-5+,13-11+,28-25+,34-32+/t42?,43-,46+,47?,48?,49-/m0/s1. The van der Waals surface area contributed by atoms with Gasteiger partial charge in [0.2, 0.25) is 0 Å². The van der Waals surface area contributed by atoms with Gasteiger partial charge in [0.1, 0.15) is 31.0 Å². The third-order valence-corrected chi connectivity index (χ3v) is 10.7. The second-order valence-corrected chi connectivity index (χ2v) is 16.2. The van der Waals surface area contributed by atoms with Gasteiger partial charge in [-0.2, -0.15) is 0 Å². The van der Waals surface area contributed by atoms with E-state index < -0.39 is 55.4 Å². The predicted molar refractivity (Wildman–Crippen MR) is 238 cm³/mol. The van der Waals surface area contributed by atoms with E-state index in [1.807, 2.05) is 12.2 Å². The normalized spacial score (nSPS) is 20.4. The van der Waals surface area contributed by atoms with Crippen molar-refractivity contribution in [3.8, 4) is 0 Å². The molecule has 0 amide bonds. The van der Waals surface area contributed by atoms with Crippen molar-refractivity contribution in [3.05, 3.63) is 48.6 Å². The summed E-state index contributed by atoms with van der Waals surface area (Å²) < 4.78 is 22.1. The fourth-order valence-corrected chi connectivity index (χ4v) is 6.99. The highest BCUT2D eigenvalue weighted by atomic mass is 16.7. The third kappa shape index (κ3) is 31.2. The van der Waals surface area contributed by atoms with E-state index in [0.29, 0.717) is 6.42 Å². The number of carbonyl (C=O) groups excluding carboxylic acids is 2. The Kier molecular flexibility index (Phi) is 36.9. The van der Waals surface area contributed by atoms with Crippen molar-refractivity contribution in [2.75, 3.05) is 19.8 Å². The average Bonchev–Trinajstić information content (AvgIpc) is 3.23. The quantitative estimate of drug-likeness (QED) is 0.0267. The first kappa shape index (κ1) is 54.7. The van der Waals surface area contributed by atoms with Gasteiger partial charge in [-0.1, -0.05) is 172 Å². The molecule has 10 nitrogen and oxygen atoms in total. The van der Waals surface area contributed by atoms with E-state index in [1.54, 1.807) is 0 Å². The highest BCUT2D eigenvalue weighted by molar-refractivity contribution is 5.70. The number of ether oxygens (including phenoxy) is 4. The molecular weight excluding hydrogens is 749 g/mol. The van der Waals surface area contributed by atoms with Gasteiger partial charge in [-0.05, 0) is 57.8 Å². The maximum absolute atomic E-state index is 12.7. The fraction of sp³-hybridized carbons (Fsp3) is 0.796. The van der Waals surface area contributed by atoms with Crippen LogP contribution in [0.15, 0.2) is 48.6 Å². The first-order valence-electron chi connectivity index (χ1n) is 23.7. The summed E-state index contributed by atoms with van der Waals surface area (Å²) in [5.41, 5.74) is 0. The lowest BCUT2D eigenvalue weighted by molar-refractivity contribution is -0.305. The molecule has 4 N–H and O–H groups in total. The minimum absolute atomic E-state index is 0.124. The lowest BCUT2D eigenvalue weighted by Crippen LogP contribution is -2.59. The highest BCUT2D eigenvalue weighted by Crippen LogP contribution is 2.22. The van der Waals surface area contributed by atoms with Crippen LogP contribution in [-0.2, 0) is 28.5 Å². The van der Waals surface area contributed by atoms with Gasteiger partial charge in [-0.25, -0.2) is 0 Å². The summed E-state index contributed by atoms with van der Waals surface area (Å²) >= 11 is 0. The number of aliphatic hydroxyl groups is 4. The molecule has 10 heteroatoms. The first-order chi connectivity index (χ1) is 28.8. The van der Waals surface area contributed by atoms with Crippen LogP contribution in [0.3, 0.4) is 0 Å². The van der Waals surface area contributed by atoms with E-state index in [9.17, 15) is 30.0 Å². The molecule has 1 heterocycles. The molecular formula is C49H86O10. The maximum atomic E-state index is 12.7. The molecule has 0 aliphatic carbocycles. The van der Waals surface area contributed by atoms with Gasteiger partial charge in [0, 0.05) is 12.8 Å². The number of allylic oxidation sites excluding steroid dienone is 8. The van der Waals surface area contributed by atoms with Crippen LogP contribution >= 0.6 is 0 Å². The van der Waals surface area contributed by atoms with Crippen molar-refractivity contribution in [1.29, 1.82) is 0 Å². The third-order valence-electron chi connectivity index (χ3n) is 10.7. The summed E-state index contributed by atoms with van der Waals surface area (Å²) in [5, 5.41) is 40.1. The van der Waals surface area contributed by atoms with Gasteiger partial charge in [-0.3, -0.25) is 9.59 Å². The number of esters is 2. The minimum atomic E-state index is -1.60. The summed E-state index contributed by atoms with van der Waals surface area (Å²) in [7, 11) is 0. The number of hydrogen-bond acceptors (Lipinski definition) is 10. The van der Waals surface area contributed by atoms with Gasteiger partial charge < -0.3 is 39.4 Å². The van der Waals surface area contributed by atoms with E-state index >= 15 is 0 Å². The molecule has 1 rings (SSSR count). The Morgan fingerprint density at radius 3 is 1.56 bits per heavy atom.